The summed E-state index contributed by atoms with van der Waals surface area (Å²) >= 11 is 0. The molecular formula is C20H23F3N4O2. The number of ether oxygens (including phenoxy) is 1. The van der Waals surface area contributed by atoms with Crippen LogP contribution in [0.4, 0.5) is 24.5 Å². The van der Waals surface area contributed by atoms with Gasteiger partial charge in [0.15, 0.2) is 0 Å². The number of nitrogens with one attached hydrogen (secondary N) is 2. The summed E-state index contributed by atoms with van der Waals surface area (Å²) in [5.74, 6) is 0.884. The van der Waals surface area contributed by atoms with Crippen LogP contribution in [0, 0.1) is 11.2 Å². The minimum atomic E-state index is -1.25. The van der Waals surface area contributed by atoms with E-state index in [1.54, 1.807) is 12.1 Å². The van der Waals surface area contributed by atoms with Gasteiger partial charge in [0.05, 0.1) is 23.7 Å². The third kappa shape index (κ3) is 4.33. The largest absolute Gasteiger partial charge is 0.464 e. The molecule has 1 aromatic carbocycles. The maximum atomic E-state index is 14.2. The highest BCUT2D eigenvalue weighted by molar-refractivity contribution is 5.90. The third-order valence-corrected chi connectivity index (χ3v) is 5.20. The Morgan fingerprint density at radius 3 is 2.69 bits per heavy atom. The fourth-order valence-corrected chi connectivity index (χ4v) is 3.04. The van der Waals surface area contributed by atoms with Crippen molar-refractivity contribution in [2.24, 2.45) is 10.4 Å². The van der Waals surface area contributed by atoms with Crippen molar-refractivity contribution in [3.05, 3.63) is 41.5 Å². The maximum absolute atomic E-state index is 14.2. The SMILES string of the molecule is C[C@@H](Nc1ccc(F)c(NC2=NCC(CF)(CF)CO2)c1)c1cc(C2CC2)on1. The van der Waals surface area contributed by atoms with Crippen molar-refractivity contribution in [3.63, 3.8) is 0 Å². The molecule has 1 aromatic heterocycles. The molecule has 6 nitrogen and oxygen atoms in total. The molecule has 2 aromatic rings. The van der Waals surface area contributed by atoms with Gasteiger partial charge < -0.3 is 19.9 Å². The van der Waals surface area contributed by atoms with Gasteiger partial charge in [0.1, 0.15) is 37.2 Å². The fourth-order valence-electron chi connectivity index (χ4n) is 3.04. The van der Waals surface area contributed by atoms with Gasteiger partial charge in [0.2, 0.25) is 0 Å². The van der Waals surface area contributed by atoms with Crippen molar-refractivity contribution >= 4 is 17.4 Å². The average molecular weight is 408 g/mol. The van der Waals surface area contributed by atoms with Crippen LogP contribution in [0.2, 0.25) is 0 Å². The van der Waals surface area contributed by atoms with Gasteiger partial charge in [0.25, 0.3) is 6.02 Å². The Morgan fingerprint density at radius 2 is 2.03 bits per heavy atom. The minimum absolute atomic E-state index is 0.0391. The van der Waals surface area contributed by atoms with Gasteiger partial charge in [-0.1, -0.05) is 5.16 Å². The van der Waals surface area contributed by atoms with Crippen LogP contribution in [0.15, 0.2) is 33.8 Å². The number of halogens is 3. The van der Waals surface area contributed by atoms with Gasteiger partial charge in [-0.15, -0.1) is 0 Å². The minimum Gasteiger partial charge on any atom is -0.464 e. The zero-order valence-corrected chi connectivity index (χ0v) is 16.1. The van der Waals surface area contributed by atoms with Crippen LogP contribution in [0.1, 0.15) is 43.2 Å². The number of amidine groups is 1. The molecule has 0 spiro atoms. The van der Waals surface area contributed by atoms with Crippen LogP contribution in [0.5, 0.6) is 0 Å². The lowest BCUT2D eigenvalue weighted by molar-refractivity contribution is 0.0672. The highest BCUT2D eigenvalue weighted by Gasteiger charge is 2.35. The molecule has 2 N–H and O–H groups in total. The summed E-state index contributed by atoms with van der Waals surface area (Å²) in [7, 11) is 0. The van der Waals surface area contributed by atoms with E-state index in [0.717, 1.165) is 24.3 Å². The Kier molecular flexibility index (Phi) is 5.38. The average Bonchev–Trinajstić information content (AvgIpc) is 3.47. The van der Waals surface area contributed by atoms with Gasteiger partial charge in [-0.25, -0.2) is 9.38 Å². The number of hydrogen-bond acceptors (Lipinski definition) is 6. The molecule has 4 rings (SSSR count). The predicted octanol–water partition coefficient (Wildman–Crippen LogP) is 4.59. The molecule has 1 aliphatic carbocycles. The van der Waals surface area contributed by atoms with E-state index in [4.69, 9.17) is 9.26 Å². The molecule has 1 aliphatic heterocycles. The second kappa shape index (κ2) is 7.96. The molecule has 29 heavy (non-hydrogen) atoms. The summed E-state index contributed by atoms with van der Waals surface area (Å²) in [4.78, 5) is 4.02. The van der Waals surface area contributed by atoms with E-state index >= 15 is 0 Å². The number of rotatable bonds is 7. The van der Waals surface area contributed by atoms with Crippen LogP contribution in [-0.2, 0) is 4.74 Å². The van der Waals surface area contributed by atoms with Gasteiger partial charge >= 0.3 is 0 Å². The van der Waals surface area contributed by atoms with Crippen LogP contribution in [-0.4, -0.2) is 37.7 Å². The Bertz CT molecular complexity index is 894. The van der Waals surface area contributed by atoms with Crippen molar-refractivity contribution in [3.8, 4) is 0 Å². The first-order valence-electron chi connectivity index (χ1n) is 9.61. The Morgan fingerprint density at radius 1 is 1.24 bits per heavy atom. The van der Waals surface area contributed by atoms with E-state index < -0.39 is 24.6 Å². The monoisotopic (exact) mass is 408 g/mol. The molecule has 2 aliphatic rings. The van der Waals surface area contributed by atoms with Gasteiger partial charge in [0, 0.05) is 17.7 Å². The second-order valence-electron chi connectivity index (χ2n) is 7.79. The van der Waals surface area contributed by atoms with Crippen LogP contribution < -0.4 is 10.6 Å². The molecular weight excluding hydrogens is 385 g/mol. The Hall–Kier alpha value is -2.71. The number of aliphatic imine (C=N–C) groups is 1. The summed E-state index contributed by atoms with van der Waals surface area (Å²) in [6.07, 6.45) is 2.26. The van der Waals surface area contributed by atoms with Crippen LogP contribution >= 0.6 is 0 Å². The van der Waals surface area contributed by atoms with Gasteiger partial charge in [-0.2, -0.15) is 0 Å². The summed E-state index contributed by atoms with van der Waals surface area (Å²) in [6.45, 7) is -0.00790. The number of alkyl halides is 2. The lowest BCUT2D eigenvalue weighted by Gasteiger charge is -2.30. The number of benzene rings is 1. The predicted molar refractivity (Wildman–Crippen MR) is 103 cm³/mol. The zero-order valence-electron chi connectivity index (χ0n) is 16.1. The van der Waals surface area contributed by atoms with E-state index in [0.29, 0.717) is 11.6 Å². The molecule has 1 fully saturated rings. The number of aromatic nitrogens is 1. The van der Waals surface area contributed by atoms with E-state index in [2.05, 4.69) is 20.8 Å². The summed E-state index contributed by atoms with van der Waals surface area (Å²) < 4.78 is 51.0. The smallest absolute Gasteiger partial charge is 0.289 e. The first-order chi connectivity index (χ1) is 14.0. The number of anilines is 2. The first-order valence-corrected chi connectivity index (χ1v) is 9.61. The zero-order chi connectivity index (χ0) is 20.4. The molecule has 0 saturated heterocycles. The number of nitrogens with zero attached hydrogens (tertiary/aromatic N) is 2. The van der Waals surface area contributed by atoms with Crippen LogP contribution in [0.25, 0.3) is 0 Å². The summed E-state index contributed by atoms with van der Waals surface area (Å²) in [6, 6.07) is 6.35. The topological polar surface area (TPSA) is 71.7 Å². The van der Waals surface area contributed by atoms with Crippen molar-refractivity contribution in [2.45, 2.75) is 31.7 Å². The third-order valence-electron chi connectivity index (χ3n) is 5.20. The van der Waals surface area contributed by atoms with E-state index in [-0.39, 0.29) is 30.9 Å². The van der Waals surface area contributed by atoms with Crippen molar-refractivity contribution in [1.29, 1.82) is 0 Å². The molecule has 1 saturated carbocycles. The highest BCUT2D eigenvalue weighted by atomic mass is 19.1. The van der Waals surface area contributed by atoms with Gasteiger partial charge in [-0.05, 0) is 38.0 Å². The van der Waals surface area contributed by atoms with E-state index in [9.17, 15) is 13.2 Å². The Balaban J connectivity index is 1.42. The molecule has 0 amide bonds. The van der Waals surface area contributed by atoms with E-state index in [1.807, 2.05) is 13.0 Å². The maximum Gasteiger partial charge on any atom is 0.289 e. The second-order valence-corrected chi connectivity index (χ2v) is 7.79. The molecule has 0 radical (unpaired) electrons. The molecule has 0 unspecified atom stereocenters. The highest BCUT2D eigenvalue weighted by Crippen LogP contribution is 2.40. The molecule has 2 heterocycles. The summed E-state index contributed by atoms with van der Waals surface area (Å²) in [5.41, 5.74) is 0.336. The Labute approximate surface area is 166 Å². The van der Waals surface area contributed by atoms with Crippen LogP contribution in [0.3, 0.4) is 0 Å². The summed E-state index contributed by atoms with van der Waals surface area (Å²) in [5, 5.41) is 10.1. The lowest BCUT2D eigenvalue weighted by Crippen LogP contribution is -2.41. The quantitative estimate of drug-likeness (QED) is 0.701. The first kappa shape index (κ1) is 19.6. The molecule has 1 atom stereocenters. The standard InChI is InChI=1S/C20H23F3N4O2/c1-12(16-7-18(29-27-16)13-2-3-13)25-14-4-5-15(23)17(6-14)26-19-24-10-20(8-21,9-22)11-28-19/h4-7,12-13,25H,2-3,8-11H2,1H3,(H,24,26)/t12-/m1/s1. The van der Waals surface area contributed by atoms with Crippen molar-refractivity contribution in [1.82, 2.24) is 5.16 Å². The molecule has 9 heteroatoms. The number of hydrogen-bond donors (Lipinski definition) is 2. The normalized spacial score (nSPS) is 19.2. The molecule has 156 valence electrons. The van der Waals surface area contributed by atoms with E-state index in [1.165, 1.54) is 6.07 Å². The molecule has 0 bridgehead atoms. The fraction of sp³-hybridized carbons (Fsp3) is 0.500. The van der Waals surface area contributed by atoms with Crippen molar-refractivity contribution in [2.75, 3.05) is 37.1 Å². The van der Waals surface area contributed by atoms with Gasteiger partial charge in [-0.3, -0.25) is 8.78 Å². The lowest BCUT2D eigenvalue weighted by atomic mass is 9.92. The van der Waals surface area contributed by atoms with Crippen molar-refractivity contribution < 1.29 is 22.4 Å².